The predicted octanol–water partition coefficient (Wildman–Crippen LogP) is 3.01. The van der Waals surface area contributed by atoms with Gasteiger partial charge in [-0.3, -0.25) is 0 Å². The molecule has 1 aromatic rings. The molecule has 0 aromatic heterocycles. The summed E-state index contributed by atoms with van der Waals surface area (Å²) in [5, 5.41) is 21.3. The molecule has 2 aliphatic heterocycles. The smallest absolute Gasteiger partial charge is 0.118 e. The highest BCUT2D eigenvalue weighted by Crippen LogP contribution is 2.56. The molecule has 2 heterocycles. The number of hydrogen-bond acceptors (Lipinski definition) is 3. The van der Waals surface area contributed by atoms with Gasteiger partial charge >= 0.3 is 0 Å². The zero-order chi connectivity index (χ0) is 13.7. The van der Waals surface area contributed by atoms with E-state index >= 15 is 0 Å². The minimum absolute atomic E-state index is 0.107. The van der Waals surface area contributed by atoms with Gasteiger partial charge in [-0.2, -0.15) is 5.26 Å². The van der Waals surface area contributed by atoms with Crippen molar-refractivity contribution in [2.75, 3.05) is 0 Å². The molecular formula is C15H16ClNO2. The molecule has 2 saturated heterocycles. The van der Waals surface area contributed by atoms with E-state index in [0.29, 0.717) is 17.0 Å². The summed E-state index contributed by atoms with van der Waals surface area (Å²) in [6.07, 6.45) is 2.34. The van der Waals surface area contributed by atoms with Gasteiger partial charge in [-0.1, -0.05) is 23.7 Å². The summed E-state index contributed by atoms with van der Waals surface area (Å²) in [6.45, 7) is 1.70. The molecule has 0 amide bonds. The van der Waals surface area contributed by atoms with Crippen LogP contribution in [0.15, 0.2) is 24.3 Å². The van der Waals surface area contributed by atoms with Crippen molar-refractivity contribution < 1.29 is 9.84 Å². The first-order chi connectivity index (χ1) is 8.99. The summed E-state index contributed by atoms with van der Waals surface area (Å²) in [5.41, 5.74) is -1.45. The molecule has 1 aromatic carbocycles. The minimum atomic E-state index is -1.26. The van der Waals surface area contributed by atoms with Crippen molar-refractivity contribution in [1.29, 1.82) is 5.26 Å². The van der Waals surface area contributed by atoms with Crippen LogP contribution in [0.1, 0.15) is 31.7 Å². The second-order valence-electron chi connectivity index (χ2n) is 5.69. The van der Waals surface area contributed by atoms with Crippen molar-refractivity contribution in [1.82, 2.24) is 0 Å². The van der Waals surface area contributed by atoms with Crippen molar-refractivity contribution in [3.63, 3.8) is 0 Å². The lowest BCUT2D eigenvalue weighted by Crippen LogP contribution is -2.49. The van der Waals surface area contributed by atoms with Gasteiger partial charge in [0, 0.05) is 5.02 Å². The molecular weight excluding hydrogens is 262 g/mol. The summed E-state index contributed by atoms with van der Waals surface area (Å²) in [7, 11) is 0. The lowest BCUT2D eigenvalue weighted by molar-refractivity contribution is -0.0773. The lowest BCUT2D eigenvalue weighted by atomic mass is 9.62. The molecule has 0 aliphatic carbocycles. The Bertz CT molecular complexity index is 551. The van der Waals surface area contributed by atoms with E-state index in [2.05, 4.69) is 6.07 Å². The van der Waals surface area contributed by atoms with Gasteiger partial charge in [0.1, 0.15) is 11.0 Å². The topological polar surface area (TPSA) is 53.2 Å². The maximum atomic E-state index is 11.0. The van der Waals surface area contributed by atoms with Gasteiger partial charge < -0.3 is 9.84 Å². The van der Waals surface area contributed by atoms with Crippen LogP contribution in [0.5, 0.6) is 0 Å². The Kier molecular flexibility index (Phi) is 2.86. The molecule has 0 radical (unpaired) electrons. The van der Waals surface area contributed by atoms with E-state index in [4.69, 9.17) is 16.3 Å². The van der Waals surface area contributed by atoms with E-state index in [-0.39, 0.29) is 12.2 Å². The third kappa shape index (κ3) is 1.71. The van der Waals surface area contributed by atoms with E-state index < -0.39 is 11.0 Å². The van der Waals surface area contributed by atoms with Crippen LogP contribution in [0, 0.1) is 16.7 Å². The Morgan fingerprint density at radius 3 is 2.84 bits per heavy atom. The molecule has 1 N–H and O–H groups in total. The quantitative estimate of drug-likeness (QED) is 0.904. The van der Waals surface area contributed by atoms with Crippen molar-refractivity contribution >= 4 is 11.6 Å². The number of halogens is 1. The molecule has 0 spiro atoms. The van der Waals surface area contributed by atoms with Crippen molar-refractivity contribution in [2.24, 2.45) is 5.41 Å². The Labute approximate surface area is 117 Å². The number of nitriles is 1. The van der Waals surface area contributed by atoms with Crippen molar-refractivity contribution in [3.8, 4) is 6.07 Å². The maximum Gasteiger partial charge on any atom is 0.118 e. The molecule has 3 nitrogen and oxygen atoms in total. The molecule has 2 fully saturated rings. The van der Waals surface area contributed by atoms with Crippen LogP contribution in [0.4, 0.5) is 0 Å². The standard InChI is InChI=1S/C15H16ClNO2/c1-14(18,10-3-2-4-11(16)7-10)15(9-17)8-12-5-6-13(15)19-12/h2-4,7,12-13,18H,5-6,8H2,1H3. The number of rotatable bonds is 2. The van der Waals surface area contributed by atoms with Gasteiger partial charge in [0.05, 0.1) is 18.3 Å². The molecule has 19 heavy (non-hydrogen) atoms. The van der Waals surface area contributed by atoms with Crippen LogP contribution in [-0.4, -0.2) is 17.3 Å². The zero-order valence-corrected chi connectivity index (χ0v) is 11.5. The predicted molar refractivity (Wildman–Crippen MR) is 71.6 cm³/mol. The fourth-order valence-electron chi connectivity index (χ4n) is 3.50. The molecule has 2 aliphatic rings. The fraction of sp³-hybridized carbons (Fsp3) is 0.533. The highest BCUT2D eigenvalue weighted by molar-refractivity contribution is 6.30. The average Bonchev–Trinajstić information content (AvgIpc) is 2.99. The number of ether oxygens (including phenoxy) is 1. The fourth-order valence-corrected chi connectivity index (χ4v) is 3.69. The molecule has 2 bridgehead atoms. The molecule has 100 valence electrons. The van der Waals surface area contributed by atoms with Crippen LogP contribution in [-0.2, 0) is 10.3 Å². The number of hydrogen-bond donors (Lipinski definition) is 1. The van der Waals surface area contributed by atoms with Crippen LogP contribution in [0.3, 0.4) is 0 Å². The molecule has 3 rings (SSSR count). The number of fused-ring (bicyclic) bond motifs is 2. The molecule has 4 heteroatoms. The number of benzene rings is 1. The van der Waals surface area contributed by atoms with Crippen LogP contribution in [0.25, 0.3) is 0 Å². The van der Waals surface area contributed by atoms with Gasteiger partial charge in [0.25, 0.3) is 0 Å². The van der Waals surface area contributed by atoms with Crippen LogP contribution < -0.4 is 0 Å². The first-order valence-corrected chi connectivity index (χ1v) is 6.92. The van der Waals surface area contributed by atoms with Gasteiger partial charge in [0.2, 0.25) is 0 Å². The summed E-state index contributed by atoms with van der Waals surface area (Å²) in [6, 6.07) is 9.45. The van der Waals surface area contributed by atoms with Gasteiger partial charge in [-0.05, 0) is 43.9 Å². The highest BCUT2D eigenvalue weighted by Gasteiger charge is 2.62. The second-order valence-corrected chi connectivity index (χ2v) is 6.13. The monoisotopic (exact) mass is 277 g/mol. The summed E-state index contributed by atoms with van der Waals surface area (Å²) >= 11 is 6.00. The normalized spacial score (nSPS) is 35.9. The maximum absolute atomic E-state index is 11.0. The third-order valence-corrected chi connectivity index (χ3v) is 4.90. The Morgan fingerprint density at radius 2 is 2.32 bits per heavy atom. The van der Waals surface area contributed by atoms with Gasteiger partial charge in [0.15, 0.2) is 0 Å². The number of nitrogens with zero attached hydrogens (tertiary/aromatic N) is 1. The first kappa shape index (κ1) is 12.9. The second kappa shape index (κ2) is 4.21. The van der Waals surface area contributed by atoms with E-state index in [9.17, 15) is 10.4 Å². The average molecular weight is 278 g/mol. The molecule has 4 unspecified atom stereocenters. The first-order valence-electron chi connectivity index (χ1n) is 6.55. The summed E-state index contributed by atoms with van der Waals surface area (Å²) in [5.74, 6) is 0. The zero-order valence-electron chi connectivity index (χ0n) is 10.8. The van der Waals surface area contributed by atoms with Gasteiger partial charge in [-0.15, -0.1) is 0 Å². The SMILES string of the molecule is CC(O)(c1cccc(Cl)c1)C1(C#N)CC2CCC1O2. The van der Waals surface area contributed by atoms with E-state index in [0.717, 1.165) is 12.8 Å². The van der Waals surface area contributed by atoms with E-state index in [1.165, 1.54) is 0 Å². The summed E-state index contributed by atoms with van der Waals surface area (Å²) < 4.78 is 5.80. The Balaban J connectivity index is 2.06. The number of aliphatic hydroxyl groups is 1. The third-order valence-electron chi connectivity index (χ3n) is 4.66. The van der Waals surface area contributed by atoms with Crippen molar-refractivity contribution in [3.05, 3.63) is 34.9 Å². The van der Waals surface area contributed by atoms with E-state index in [1.54, 1.807) is 25.1 Å². The molecule has 0 saturated carbocycles. The largest absolute Gasteiger partial charge is 0.384 e. The minimum Gasteiger partial charge on any atom is -0.384 e. The van der Waals surface area contributed by atoms with Crippen LogP contribution in [0.2, 0.25) is 5.02 Å². The Hall–Kier alpha value is -1.08. The molecule has 4 atom stereocenters. The summed E-state index contributed by atoms with van der Waals surface area (Å²) in [4.78, 5) is 0. The lowest BCUT2D eigenvalue weighted by Gasteiger charge is -2.41. The van der Waals surface area contributed by atoms with Gasteiger partial charge in [-0.25, -0.2) is 0 Å². The Morgan fingerprint density at radius 1 is 1.53 bits per heavy atom. The highest BCUT2D eigenvalue weighted by atomic mass is 35.5. The van der Waals surface area contributed by atoms with Crippen LogP contribution >= 0.6 is 11.6 Å². The van der Waals surface area contributed by atoms with E-state index in [1.807, 2.05) is 6.07 Å². The van der Waals surface area contributed by atoms with Crippen molar-refractivity contribution in [2.45, 2.75) is 44.0 Å².